The van der Waals surface area contributed by atoms with E-state index in [2.05, 4.69) is 29.9 Å². The van der Waals surface area contributed by atoms with Crippen LogP contribution in [0.2, 0.25) is 0 Å². The first-order valence-electron chi connectivity index (χ1n) is 18.4. The van der Waals surface area contributed by atoms with Gasteiger partial charge >= 0.3 is 12.3 Å². The van der Waals surface area contributed by atoms with Gasteiger partial charge in [0.05, 0.1) is 83.3 Å². The van der Waals surface area contributed by atoms with E-state index in [9.17, 15) is 30.0 Å². The molecular formula is C38H56N6O12. The number of H-pyrrole nitrogens is 2. The number of rotatable bonds is 12. The zero-order valence-corrected chi connectivity index (χ0v) is 32.0. The molecule has 6 rings (SSSR count). The minimum absolute atomic E-state index is 0. The van der Waals surface area contributed by atoms with Gasteiger partial charge in [-0.3, -0.25) is 0 Å². The molecule has 1 unspecified atom stereocenters. The maximum atomic E-state index is 11.5. The van der Waals surface area contributed by atoms with Gasteiger partial charge in [-0.15, -0.1) is 0 Å². The van der Waals surface area contributed by atoms with Gasteiger partial charge in [0.25, 0.3) is 0 Å². The van der Waals surface area contributed by atoms with E-state index in [0.29, 0.717) is 12.8 Å². The van der Waals surface area contributed by atoms with Crippen LogP contribution >= 0.6 is 0 Å². The van der Waals surface area contributed by atoms with E-state index in [-0.39, 0.29) is 63.3 Å². The molecule has 18 nitrogen and oxygen atoms in total. The Morgan fingerprint density at radius 1 is 0.696 bits per heavy atom. The van der Waals surface area contributed by atoms with Gasteiger partial charge < -0.3 is 58.8 Å². The number of aryl methyl sites for hydroxylation is 2. The van der Waals surface area contributed by atoms with Gasteiger partial charge in [-0.2, -0.15) is 0 Å². The number of carbonyl (C=O) groups excluding carboxylic acids is 2. The number of carbonyl (C=O) groups is 2. The van der Waals surface area contributed by atoms with Gasteiger partial charge in [0.1, 0.15) is 12.7 Å². The molecule has 2 saturated carbocycles. The van der Waals surface area contributed by atoms with Crippen LogP contribution in [-0.4, -0.2) is 126 Å². The monoisotopic (exact) mass is 788 g/mol. The van der Waals surface area contributed by atoms with Gasteiger partial charge in [0.2, 0.25) is 6.29 Å². The molecule has 0 spiro atoms. The van der Waals surface area contributed by atoms with Crippen molar-refractivity contribution in [3.8, 4) is 0 Å². The molecule has 0 aliphatic heterocycles. The second kappa shape index (κ2) is 19.6. The van der Waals surface area contributed by atoms with E-state index in [0.717, 1.165) is 44.6 Å². The van der Waals surface area contributed by atoms with Crippen molar-refractivity contribution in [2.24, 2.45) is 11.8 Å². The van der Waals surface area contributed by atoms with E-state index in [1.807, 2.05) is 20.0 Å². The van der Waals surface area contributed by atoms with Gasteiger partial charge in [0.15, 0.2) is 6.79 Å². The topological polar surface area (TPSA) is 254 Å². The smallest absolute Gasteiger partial charge is 0.432 e. The Labute approximate surface area is 325 Å². The lowest BCUT2D eigenvalue weighted by atomic mass is 9.96. The van der Waals surface area contributed by atoms with E-state index < -0.39 is 43.0 Å². The molecule has 2 aliphatic rings. The molecule has 0 radical (unpaired) electrons. The molecule has 6 N–H and O–H groups in total. The summed E-state index contributed by atoms with van der Waals surface area (Å²) in [6.45, 7) is 12.2. The van der Waals surface area contributed by atoms with Gasteiger partial charge in [-0.1, -0.05) is 7.43 Å². The molecule has 0 aromatic carbocycles. The molecule has 9 atom stereocenters. The van der Waals surface area contributed by atoms with Crippen LogP contribution in [0.4, 0.5) is 9.59 Å². The maximum absolute atomic E-state index is 11.5. The van der Waals surface area contributed by atoms with Crippen LogP contribution in [0.25, 0.3) is 22.1 Å². The molecule has 2 aliphatic carbocycles. The first-order valence-corrected chi connectivity index (χ1v) is 18.4. The maximum Gasteiger partial charge on any atom is 0.510 e. The Hall–Kier alpha value is -4.46. The number of aromatic amines is 2. The lowest BCUT2D eigenvalue weighted by Gasteiger charge is -2.20. The second-order valence-electron chi connectivity index (χ2n) is 14.5. The Bertz CT molecular complexity index is 1880. The van der Waals surface area contributed by atoms with Crippen LogP contribution in [0.3, 0.4) is 0 Å². The third kappa shape index (κ3) is 10.5. The zero-order valence-electron chi connectivity index (χ0n) is 32.0. The average molecular weight is 789 g/mol. The molecule has 56 heavy (non-hydrogen) atoms. The third-order valence-electron chi connectivity index (χ3n) is 9.83. The lowest BCUT2D eigenvalue weighted by Crippen LogP contribution is -2.31. The van der Waals surface area contributed by atoms with Crippen LogP contribution < -0.4 is 0 Å². The van der Waals surface area contributed by atoms with E-state index in [1.54, 1.807) is 40.8 Å². The second-order valence-corrected chi connectivity index (χ2v) is 14.5. The average Bonchev–Trinajstić information content (AvgIpc) is 3.88. The Morgan fingerprint density at radius 2 is 1.16 bits per heavy atom. The van der Waals surface area contributed by atoms with E-state index in [4.69, 9.17) is 28.4 Å². The van der Waals surface area contributed by atoms with Crippen molar-refractivity contribution >= 4 is 34.4 Å². The summed E-state index contributed by atoms with van der Waals surface area (Å²) < 4.78 is 30.4. The highest BCUT2D eigenvalue weighted by atomic mass is 16.8. The molecule has 18 heteroatoms. The summed E-state index contributed by atoms with van der Waals surface area (Å²) in [5.41, 5.74) is 6.49. The summed E-state index contributed by atoms with van der Waals surface area (Å²) in [4.78, 5) is 46.0. The summed E-state index contributed by atoms with van der Waals surface area (Å²) in [7, 11) is 0. The van der Waals surface area contributed by atoms with E-state index >= 15 is 0 Å². The predicted molar refractivity (Wildman–Crippen MR) is 201 cm³/mol. The van der Waals surface area contributed by atoms with Crippen LogP contribution in [0.5, 0.6) is 0 Å². The van der Waals surface area contributed by atoms with Crippen molar-refractivity contribution in [2.75, 3.05) is 20.0 Å². The number of hydrogen-bond acceptors (Lipinski definition) is 16. The van der Waals surface area contributed by atoms with Gasteiger partial charge in [-0.25, -0.2) is 29.5 Å². The Balaban J connectivity index is 0.000000244. The highest BCUT2D eigenvalue weighted by molar-refractivity contribution is 5.82. The molecule has 4 aromatic heterocycles. The van der Waals surface area contributed by atoms with Crippen molar-refractivity contribution in [3.05, 3.63) is 47.6 Å². The van der Waals surface area contributed by atoms with Crippen LogP contribution in [-0.2, 0) is 28.4 Å². The summed E-state index contributed by atoms with van der Waals surface area (Å²) in [6, 6.07) is 0. The third-order valence-corrected chi connectivity index (χ3v) is 9.83. The number of ether oxygens (including phenoxy) is 6. The van der Waals surface area contributed by atoms with Gasteiger partial charge in [-0.05, 0) is 61.3 Å². The summed E-state index contributed by atoms with van der Waals surface area (Å²) in [5.74, 6) is -1.15. The SMILES string of the molecule is C.Cc1ncnc2c([C@@H]3C[C@H](COC(C)OC(=O)OC(C)C)[C@@H](O)[C@H]3O)c[nH]c12.Cc1ncnc2c([C@@H]3C[C@H](COCOC(=O)OC(C)C)[C@@H](O)[C@H]3O)c[nH]c12. The molecule has 0 saturated heterocycles. The zero-order chi connectivity index (χ0) is 40.0. The molecule has 2 fully saturated rings. The number of aliphatic hydroxyl groups excluding tert-OH is 4. The largest absolute Gasteiger partial charge is 0.510 e. The van der Waals surface area contributed by atoms with Crippen LogP contribution in [0.1, 0.15) is 89.2 Å². The van der Waals surface area contributed by atoms with Crippen molar-refractivity contribution in [2.45, 2.75) is 123 Å². The van der Waals surface area contributed by atoms with E-state index in [1.165, 1.54) is 12.7 Å². The summed E-state index contributed by atoms with van der Waals surface area (Å²) >= 11 is 0. The van der Waals surface area contributed by atoms with Crippen molar-refractivity contribution in [3.63, 3.8) is 0 Å². The van der Waals surface area contributed by atoms with Crippen LogP contribution in [0.15, 0.2) is 25.0 Å². The molecule has 0 amide bonds. The van der Waals surface area contributed by atoms with Crippen LogP contribution in [0, 0.1) is 25.7 Å². The summed E-state index contributed by atoms with van der Waals surface area (Å²) in [6.07, 6.45) is 0.890. The standard InChI is InChI=1S/C19H27N3O6.C18H25N3O6.CH4/c1-9(2)27-19(25)28-11(4)26-7-12-5-13(18(24)17(12)23)14-6-20-15-10(3)21-8-22-16(14)15;1-9(2)27-18(24)26-8-25-6-11-4-12(17(23)16(11)22)13-5-19-14-10(3)20-7-21-15(13)14;/h6,8-9,11-13,17-18,20,23-24H,5,7H2,1-4H3;5,7,9,11-12,16-17,19,22-23H,4,6,8H2,1-3H3;1H4/t11?,12-,13+,17-,18+;11-,12+,16-,17+;/m11./s1. The van der Waals surface area contributed by atoms with Crippen molar-refractivity contribution in [1.29, 1.82) is 0 Å². The molecule has 0 bridgehead atoms. The number of hydrogen-bond donors (Lipinski definition) is 6. The highest BCUT2D eigenvalue weighted by Gasteiger charge is 2.44. The summed E-state index contributed by atoms with van der Waals surface area (Å²) in [5, 5.41) is 41.9. The molecular weight excluding hydrogens is 732 g/mol. The first-order chi connectivity index (χ1) is 26.2. The molecule has 4 heterocycles. The number of nitrogens with zero attached hydrogens (tertiary/aromatic N) is 4. The Kier molecular flexibility index (Phi) is 15.5. The van der Waals surface area contributed by atoms with Gasteiger partial charge in [0, 0.05) is 47.2 Å². The first kappa shape index (κ1) is 44.3. The number of nitrogens with one attached hydrogen (secondary N) is 2. The minimum atomic E-state index is -0.951. The quantitative estimate of drug-likeness (QED) is 0.0665. The number of fused-ring (bicyclic) bond motifs is 2. The molecule has 310 valence electrons. The minimum Gasteiger partial charge on any atom is -0.432 e. The highest BCUT2D eigenvalue weighted by Crippen LogP contribution is 2.42. The fourth-order valence-corrected chi connectivity index (χ4v) is 7.10. The fraction of sp³-hybridized carbons (Fsp3) is 0.632. The number of aliphatic hydroxyl groups is 4. The predicted octanol–water partition coefficient (Wildman–Crippen LogP) is 4.28. The fourth-order valence-electron chi connectivity index (χ4n) is 7.10. The van der Waals surface area contributed by atoms with Crippen molar-refractivity contribution < 1.29 is 58.4 Å². The Morgan fingerprint density at radius 3 is 1.64 bits per heavy atom. The normalized spacial score (nSPS) is 25.2. The number of aromatic nitrogens is 6. The van der Waals surface area contributed by atoms with Crippen molar-refractivity contribution in [1.82, 2.24) is 29.9 Å². The lowest BCUT2D eigenvalue weighted by molar-refractivity contribution is -0.130. The molecule has 4 aromatic rings.